The summed E-state index contributed by atoms with van der Waals surface area (Å²) in [5.41, 5.74) is 8.03. The lowest BCUT2D eigenvalue weighted by atomic mass is 9.86. The molecule has 3 nitrogen and oxygen atoms in total. The minimum atomic E-state index is 0.835. The van der Waals surface area contributed by atoms with Gasteiger partial charge in [-0.25, -0.2) is 0 Å². The fourth-order valence-corrected chi connectivity index (χ4v) is 3.80. The highest BCUT2D eigenvalue weighted by molar-refractivity contribution is 5.56. The van der Waals surface area contributed by atoms with Crippen LogP contribution in [0.15, 0.2) is 24.3 Å². The van der Waals surface area contributed by atoms with Gasteiger partial charge in [0.25, 0.3) is 0 Å². The quantitative estimate of drug-likeness (QED) is 0.841. The molecule has 0 radical (unpaired) electrons. The summed E-state index contributed by atoms with van der Waals surface area (Å²) in [5.74, 6) is 0.917. The summed E-state index contributed by atoms with van der Waals surface area (Å²) < 4.78 is 0. The van der Waals surface area contributed by atoms with Crippen molar-refractivity contribution < 1.29 is 0 Å². The molecule has 110 valence electrons. The zero-order valence-electron chi connectivity index (χ0n) is 12.6. The van der Waals surface area contributed by atoms with Crippen molar-refractivity contribution in [2.24, 2.45) is 5.92 Å². The molecule has 1 aliphatic heterocycles. The number of hydrogen-bond acceptors (Lipinski definition) is 3. The van der Waals surface area contributed by atoms with Crippen LogP contribution in [0.1, 0.15) is 32.6 Å². The largest absolute Gasteiger partial charge is 0.399 e. The van der Waals surface area contributed by atoms with Crippen molar-refractivity contribution in [1.82, 2.24) is 4.90 Å². The van der Waals surface area contributed by atoms with Crippen molar-refractivity contribution in [2.75, 3.05) is 36.8 Å². The Morgan fingerprint density at radius 2 is 1.90 bits per heavy atom. The summed E-state index contributed by atoms with van der Waals surface area (Å²) in [5, 5.41) is 0. The maximum Gasteiger partial charge on any atom is 0.0387 e. The van der Waals surface area contributed by atoms with Gasteiger partial charge in [0, 0.05) is 43.6 Å². The van der Waals surface area contributed by atoms with E-state index in [1.54, 1.807) is 0 Å². The number of benzene rings is 1. The number of nitrogens with zero attached hydrogens (tertiary/aromatic N) is 2. The highest BCUT2D eigenvalue weighted by atomic mass is 15.3. The molecule has 0 amide bonds. The van der Waals surface area contributed by atoms with Gasteiger partial charge in [-0.1, -0.05) is 25.8 Å². The van der Waals surface area contributed by atoms with Crippen molar-refractivity contribution in [1.29, 1.82) is 0 Å². The van der Waals surface area contributed by atoms with Crippen molar-refractivity contribution in [3.05, 3.63) is 24.3 Å². The van der Waals surface area contributed by atoms with Gasteiger partial charge < -0.3 is 10.6 Å². The van der Waals surface area contributed by atoms with Gasteiger partial charge in [-0.3, -0.25) is 4.90 Å². The van der Waals surface area contributed by atoms with E-state index in [1.165, 1.54) is 44.5 Å². The predicted octanol–water partition coefficient (Wildman–Crippen LogP) is 2.97. The molecular formula is C17H27N3. The van der Waals surface area contributed by atoms with Crippen LogP contribution in [0.4, 0.5) is 11.4 Å². The standard InChI is InChI=1S/C17H27N3/c1-14-4-2-6-16(12-14)19-8-10-20(11-9-19)17-7-3-5-15(18)13-17/h3,5,7,13-14,16H,2,4,6,8-12,18H2,1H3. The van der Waals surface area contributed by atoms with Crippen molar-refractivity contribution in [3.8, 4) is 0 Å². The lowest BCUT2D eigenvalue weighted by molar-refractivity contribution is 0.127. The van der Waals surface area contributed by atoms with Crippen molar-refractivity contribution in [2.45, 2.75) is 38.6 Å². The van der Waals surface area contributed by atoms with Crippen LogP contribution in [0.25, 0.3) is 0 Å². The first-order valence-corrected chi connectivity index (χ1v) is 8.07. The number of piperazine rings is 1. The van der Waals surface area contributed by atoms with Gasteiger partial charge in [0.05, 0.1) is 0 Å². The average molecular weight is 273 g/mol. The van der Waals surface area contributed by atoms with Crippen LogP contribution in [0, 0.1) is 5.92 Å². The van der Waals surface area contributed by atoms with Crippen molar-refractivity contribution in [3.63, 3.8) is 0 Å². The molecule has 1 saturated heterocycles. The highest BCUT2D eigenvalue weighted by Gasteiger charge is 2.27. The third-order valence-electron chi connectivity index (χ3n) is 4.97. The molecule has 1 saturated carbocycles. The predicted molar refractivity (Wildman–Crippen MR) is 86.1 cm³/mol. The van der Waals surface area contributed by atoms with Crippen LogP contribution in [-0.4, -0.2) is 37.1 Å². The lowest BCUT2D eigenvalue weighted by Crippen LogP contribution is -2.51. The number of nitrogens with two attached hydrogens (primary N) is 1. The van der Waals surface area contributed by atoms with Crippen LogP contribution >= 0.6 is 0 Å². The molecule has 20 heavy (non-hydrogen) atoms. The van der Waals surface area contributed by atoms with E-state index in [0.29, 0.717) is 0 Å². The fourth-order valence-electron chi connectivity index (χ4n) is 3.80. The molecule has 0 aromatic heterocycles. The molecule has 2 fully saturated rings. The summed E-state index contributed by atoms with van der Waals surface area (Å²) in [7, 11) is 0. The molecule has 2 unspecified atom stereocenters. The summed E-state index contributed by atoms with van der Waals surface area (Å²) in [4.78, 5) is 5.19. The van der Waals surface area contributed by atoms with Crippen LogP contribution in [0.5, 0.6) is 0 Å². The van der Waals surface area contributed by atoms with Crippen molar-refractivity contribution >= 4 is 11.4 Å². The minimum Gasteiger partial charge on any atom is -0.399 e. The van der Waals surface area contributed by atoms with E-state index < -0.39 is 0 Å². The first-order chi connectivity index (χ1) is 9.72. The van der Waals surface area contributed by atoms with Gasteiger partial charge in [0.1, 0.15) is 0 Å². The third kappa shape index (κ3) is 3.09. The molecule has 3 heteroatoms. The van der Waals surface area contributed by atoms with Crippen LogP contribution < -0.4 is 10.6 Å². The Hall–Kier alpha value is -1.22. The Morgan fingerprint density at radius 3 is 2.60 bits per heavy atom. The van der Waals surface area contributed by atoms with E-state index in [0.717, 1.165) is 30.7 Å². The zero-order chi connectivity index (χ0) is 13.9. The SMILES string of the molecule is CC1CCCC(N2CCN(c3cccc(N)c3)CC2)C1. The van der Waals surface area contributed by atoms with Gasteiger partial charge in [0.2, 0.25) is 0 Å². The molecule has 0 bridgehead atoms. The maximum atomic E-state index is 5.89. The monoisotopic (exact) mass is 273 g/mol. The van der Waals surface area contributed by atoms with E-state index in [9.17, 15) is 0 Å². The number of hydrogen-bond donors (Lipinski definition) is 1. The molecular weight excluding hydrogens is 246 g/mol. The average Bonchev–Trinajstić information content (AvgIpc) is 2.47. The molecule has 0 spiro atoms. The van der Waals surface area contributed by atoms with E-state index >= 15 is 0 Å². The lowest BCUT2D eigenvalue weighted by Gasteiger charge is -2.42. The van der Waals surface area contributed by atoms with E-state index in [1.807, 2.05) is 6.07 Å². The number of nitrogen functional groups attached to an aromatic ring is 1. The van der Waals surface area contributed by atoms with Crippen LogP contribution in [0.2, 0.25) is 0 Å². The Morgan fingerprint density at radius 1 is 1.10 bits per heavy atom. The molecule has 2 atom stereocenters. The Kier molecular flexibility index (Phi) is 4.16. The van der Waals surface area contributed by atoms with E-state index in [2.05, 4.69) is 34.9 Å². The van der Waals surface area contributed by atoms with Gasteiger partial charge >= 0.3 is 0 Å². The second-order valence-corrected chi connectivity index (χ2v) is 6.54. The van der Waals surface area contributed by atoms with Gasteiger partial charge in [0.15, 0.2) is 0 Å². The first kappa shape index (κ1) is 13.7. The summed E-state index contributed by atoms with van der Waals surface area (Å²) >= 11 is 0. The molecule has 3 rings (SSSR count). The van der Waals surface area contributed by atoms with Gasteiger partial charge in [-0.05, 0) is 37.0 Å². The normalized spacial score (nSPS) is 28.6. The Balaban J connectivity index is 1.56. The summed E-state index contributed by atoms with van der Waals surface area (Å²) in [6.07, 6.45) is 5.65. The second-order valence-electron chi connectivity index (χ2n) is 6.54. The van der Waals surface area contributed by atoms with E-state index in [-0.39, 0.29) is 0 Å². The molecule has 1 aliphatic carbocycles. The van der Waals surface area contributed by atoms with Crippen LogP contribution in [0.3, 0.4) is 0 Å². The minimum absolute atomic E-state index is 0.835. The highest BCUT2D eigenvalue weighted by Crippen LogP contribution is 2.28. The Labute approximate surface area is 122 Å². The molecule has 1 heterocycles. The molecule has 2 N–H and O–H groups in total. The molecule has 1 aromatic carbocycles. The second kappa shape index (κ2) is 6.04. The summed E-state index contributed by atoms with van der Waals surface area (Å²) in [6, 6.07) is 9.12. The molecule has 1 aromatic rings. The number of rotatable bonds is 2. The smallest absolute Gasteiger partial charge is 0.0387 e. The van der Waals surface area contributed by atoms with E-state index in [4.69, 9.17) is 5.73 Å². The summed E-state index contributed by atoms with van der Waals surface area (Å²) in [6.45, 7) is 7.08. The maximum absolute atomic E-state index is 5.89. The first-order valence-electron chi connectivity index (χ1n) is 8.07. The number of anilines is 2. The van der Waals surface area contributed by atoms with Gasteiger partial charge in [-0.15, -0.1) is 0 Å². The molecule has 2 aliphatic rings. The Bertz CT molecular complexity index is 438. The fraction of sp³-hybridized carbons (Fsp3) is 0.647. The topological polar surface area (TPSA) is 32.5 Å². The van der Waals surface area contributed by atoms with Gasteiger partial charge in [-0.2, -0.15) is 0 Å². The zero-order valence-corrected chi connectivity index (χ0v) is 12.6. The third-order valence-corrected chi connectivity index (χ3v) is 4.97. The van der Waals surface area contributed by atoms with Crippen LogP contribution in [-0.2, 0) is 0 Å².